The van der Waals surface area contributed by atoms with Gasteiger partial charge < -0.3 is 5.32 Å². The van der Waals surface area contributed by atoms with Crippen molar-refractivity contribution in [2.45, 2.75) is 6.42 Å². The van der Waals surface area contributed by atoms with Crippen LogP contribution in [0.4, 0.5) is 5.69 Å². The molecule has 0 spiro atoms. The van der Waals surface area contributed by atoms with Gasteiger partial charge in [-0.05, 0) is 18.2 Å². The van der Waals surface area contributed by atoms with Crippen LogP contribution in [0.5, 0.6) is 0 Å². The summed E-state index contributed by atoms with van der Waals surface area (Å²) in [6.07, 6.45) is 0.483. The van der Waals surface area contributed by atoms with Crippen molar-refractivity contribution >= 4 is 51.1 Å². The second-order valence-corrected chi connectivity index (χ2v) is 6.52. The number of rotatable bonds is 4. The normalized spacial score (nSPS) is 14.4. The van der Waals surface area contributed by atoms with Crippen LogP contribution in [0.1, 0.15) is 6.42 Å². The minimum absolute atomic E-state index is 0.00774. The number of nitrogens with one attached hydrogen (secondary N) is 1. The van der Waals surface area contributed by atoms with E-state index in [1.165, 1.54) is 0 Å². The summed E-state index contributed by atoms with van der Waals surface area (Å²) in [6, 6.07) is 7.16. The average molecular weight is 301 g/mol. The third-order valence-electron chi connectivity index (χ3n) is 2.22. The maximum Gasteiger partial charge on any atom is 0.225 e. The molecule has 1 aliphatic heterocycles. The van der Waals surface area contributed by atoms with E-state index in [9.17, 15) is 4.79 Å². The molecule has 1 aromatic carbocycles. The van der Waals surface area contributed by atoms with Crippen LogP contribution in [-0.4, -0.2) is 28.3 Å². The molecule has 0 radical (unpaired) electrons. The van der Waals surface area contributed by atoms with E-state index in [4.69, 9.17) is 11.6 Å². The van der Waals surface area contributed by atoms with Gasteiger partial charge in [0.25, 0.3) is 0 Å². The monoisotopic (exact) mass is 300 g/mol. The molecule has 18 heavy (non-hydrogen) atoms. The highest BCUT2D eigenvalue weighted by Gasteiger charge is 2.09. The van der Waals surface area contributed by atoms with Crippen molar-refractivity contribution in [1.82, 2.24) is 0 Å². The van der Waals surface area contributed by atoms with Crippen molar-refractivity contribution in [3.63, 3.8) is 0 Å². The molecule has 1 aliphatic rings. The smallest absolute Gasteiger partial charge is 0.225 e. The third-order valence-corrected chi connectivity index (χ3v) is 4.71. The van der Waals surface area contributed by atoms with Gasteiger partial charge in [0.2, 0.25) is 5.91 Å². The average Bonchev–Trinajstić information content (AvgIpc) is 2.82. The summed E-state index contributed by atoms with van der Waals surface area (Å²) >= 11 is 9.26. The predicted octanol–water partition coefficient (Wildman–Crippen LogP) is 3.50. The SMILES string of the molecule is O=C(CCSC1=NCCS1)Nc1cccc(Cl)c1. The van der Waals surface area contributed by atoms with Crippen molar-refractivity contribution in [2.75, 3.05) is 23.4 Å². The van der Waals surface area contributed by atoms with Gasteiger partial charge in [-0.3, -0.25) is 9.79 Å². The van der Waals surface area contributed by atoms with Gasteiger partial charge in [-0.2, -0.15) is 0 Å². The van der Waals surface area contributed by atoms with Crippen LogP contribution in [0, 0.1) is 0 Å². The Morgan fingerprint density at radius 3 is 3.17 bits per heavy atom. The summed E-state index contributed by atoms with van der Waals surface area (Å²) < 4.78 is 1.10. The topological polar surface area (TPSA) is 41.5 Å². The van der Waals surface area contributed by atoms with Gasteiger partial charge in [0.1, 0.15) is 4.38 Å². The number of benzene rings is 1. The zero-order chi connectivity index (χ0) is 12.8. The van der Waals surface area contributed by atoms with E-state index in [1.54, 1.807) is 35.7 Å². The Bertz CT molecular complexity index is 465. The Kier molecular flexibility index (Phi) is 5.41. The molecule has 6 heteroatoms. The lowest BCUT2D eigenvalue weighted by Crippen LogP contribution is -2.12. The number of nitrogens with zero attached hydrogens (tertiary/aromatic N) is 1. The van der Waals surface area contributed by atoms with Crippen molar-refractivity contribution in [1.29, 1.82) is 0 Å². The van der Waals surface area contributed by atoms with Gasteiger partial charge in [-0.15, -0.1) is 0 Å². The van der Waals surface area contributed by atoms with E-state index < -0.39 is 0 Å². The molecule has 0 aromatic heterocycles. The fraction of sp³-hybridized carbons (Fsp3) is 0.333. The molecule has 3 nitrogen and oxygen atoms in total. The fourth-order valence-electron chi connectivity index (χ4n) is 1.42. The number of anilines is 1. The molecular weight excluding hydrogens is 288 g/mol. The third kappa shape index (κ3) is 4.55. The molecule has 96 valence electrons. The first kappa shape index (κ1) is 13.8. The molecule has 2 rings (SSSR count). The largest absolute Gasteiger partial charge is 0.326 e. The van der Waals surface area contributed by atoms with Crippen molar-refractivity contribution < 1.29 is 4.79 Å². The Hall–Kier alpha value is -0.650. The molecule has 0 saturated heterocycles. The summed E-state index contributed by atoms with van der Waals surface area (Å²) in [5.41, 5.74) is 0.741. The number of hydrogen-bond donors (Lipinski definition) is 1. The van der Waals surface area contributed by atoms with Crippen LogP contribution in [0.3, 0.4) is 0 Å². The fourth-order valence-corrected chi connectivity index (χ4v) is 3.63. The molecule has 0 fully saturated rings. The number of carbonyl (C=O) groups is 1. The Labute approximate surface area is 120 Å². The molecule has 0 unspecified atom stereocenters. The molecular formula is C12H13ClN2OS2. The molecule has 1 amide bonds. The van der Waals surface area contributed by atoms with E-state index in [0.717, 1.165) is 28.1 Å². The Morgan fingerprint density at radius 2 is 2.44 bits per heavy atom. The molecule has 1 N–H and O–H groups in total. The van der Waals surface area contributed by atoms with E-state index >= 15 is 0 Å². The van der Waals surface area contributed by atoms with Gasteiger partial charge in [-0.25, -0.2) is 0 Å². The molecule has 0 aliphatic carbocycles. The first-order chi connectivity index (χ1) is 8.74. The van der Waals surface area contributed by atoms with Gasteiger partial charge in [0.05, 0.1) is 6.54 Å². The second-order valence-electron chi connectivity index (χ2n) is 3.65. The highest BCUT2D eigenvalue weighted by Crippen LogP contribution is 2.22. The first-order valence-electron chi connectivity index (χ1n) is 5.59. The van der Waals surface area contributed by atoms with Crippen molar-refractivity contribution in [3.05, 3.63) is 29.3 Å². The van der Waals surface area contributed by atoms with Gasteiger partial charge in [0, 0.05) is 28.6 Å². The highest BCUT2D eigenvalue weighted by molar-refractivity contribution is 8.39. The summed E-state index contributed by atoms with van der Waals surface area (Å²) in [6.45, 7) is 0.904. The van der Waals surface area contributed by atoms with Crippen LogP contribution < -0.4 is 5.32 Å². The standard InChI is InChI=1S/C12H13ClN2OS2/c13-9-2-1-3-10(8-9)15-11(16)4-6-17-12-14-5-7-18-12/h1-3,8H,4-7H2,(H,15,16). The minimum Gasteiger partial charge on any atom is -0.326 e. The van der Waals surface area contributed by atoms with Crippen LogP contribution >= 0.6 is 35.1 Å². The molecule has 1 heterocycles. The summed E-state index contributed by atoms with van der Waals surface area (Å²) in [7, 11) is 0. The number of amides is 1. The lowest BCUT2D eigenvalue weighted by Gasteiger charge is -2.05. The van der Waals surface area contributed by atoms with Crippen LogP contribution in [0.25, 0.3) is 0 Å². The zero-order valence-corrected chi connectivity index (χ0v) is 12.1. The van der Waals surface area contributed by atoms with Crippen LogP contribution in [-0.2, 0) is 4.79 Å². The number of carbonyl (C=O) groups excluding carboxylic acids is 1. The predicted molar refractivity (Wildman–Crippen MR) is 81.9 cm³/mol. The van der Waals surface area contributed by atoms with Gasteiger partial charge >= 0.3 is 0 Å². The Morgan fingerprint density at radius 1 is 1.56 bits per heavy atom. The first-order valence-corrected chi connectivity index (χ1v) is 7.94. The number of thioether (sulfide) groups is 2. The minimum atomic E-state index is 0.00774. The van der Waals surface area contributed by atoms with Crippen molar-refractivity contribution in [3.8, 4) is 0 Å². The maximum absolute atomic E-state index is 11.7. The van der Waals surface area contributed by atoms with E-state index in [0.29, 0.717) is 11.4 Å². The van der Waals surface area contributed by atoms with Crippen molar-refractivity contribution in [2.24, 2.45) is 4.99 Å². The number of halogens is 1. The summed E-state index contributed by atoms with van der Waals surface area (Å²) in [5.74, 6) is 1.84. The van der Waals surface area contributed by atoms with Crippen LogP contribution in [0.2, 0.25) is 5.02 Å². The van der Waals surface area contributed by atoms with Crippen LogP contribution in [0.15, 0.2) is 29.3 Å². The molecule has 1 aromatic rings. The molecule has 0 saturated carbocycles. The molecule has 0 atom stereocenters. The van der Waals surface area contributed by atoms with E-state index in [2.05, 4.69) is 10.3 Å². The Balaban J connectivity index is 1.71. The second kappa shape index (κ2) is 7.07. The zero-order valence-electron chi connectivity index (χ0n) is 9.69. The maximum atomic E-state index is 11.7. The highest BCUT2D eigenvalue weighted by atomic mass is 35.5. The summed E-state index contributed by atoms with van der Waals surface area (Å²) in [4.78, 5) is 16.0. The van der Waals surface area contributed by atoms with E-state index in [-0.39, 0.29) is 5.91 Å². The number of hydrogen-bond acceptors (Lipinski definition) is 4. The lowest BCUT2D eigenvalue weighted by molar-refractivity contribution is -0.115. The quantitative estimate of drug-likeness (QED) is 0.925. The lowest BCUT2D eigenvalue weighted by atomic mass is 10.3. The van der Waals surface area contributed by atoms with Gasteiger partial charge in [-0.1, -0.05) is 41.2 Å². The summed E-state index contributed by atoms with van der Waals surface area (Å²) in [5, 5.41) is 3.45. The number of aliphatic imine (C=N–C) groups is 1. The van der Waals surface area contributed by atoms with E-state index in [1.807, 2.05) is 12.1 Å². The molecule has 0 bridgehead atoms. The van der Waals surface area contributed by atoms with Gasteiger partial charge in [0.15, 0.2) is 0 Å².